The molecule has 1 saturated carbocycles. The van der Waals surface area contributed by atoms with Gasteiger partial charge in [-0.3, -0.25) is 0 Å². The van der Waals surface area contributed by atoms with Gasteiger partial charge in [0.1, 0.15) is 0 Å². The summed E-state index contributed by atoms with van der Waals surface area (Å²) < 4.78 is 0. The minimum atomic E-state index is -0.0618. The predicted molar refractivity (Wildman–Crippen MR) is 90.8 cm³/mol. The third kappa shape index (κ3) is 5.06. The molecule has 0 bridgehead atoms. The maximum atomic E-state index is 6.27. The first-order valence-corrected chi connectivity index (χ1v) is 8.37. The van der Waals surface area contributed by atoms with Gasteiger partial charge in [0.25, 0.3) is 0 Å². The molecule has 0 aromatic rings. The van der Waals surface area contributed by atoms with Gasteiger partial charge in [-0.25, -0.2) is 0 Å². The average molecular weight is 282 g/mol. The number of hydrogen-bond acceptors (Lipinski definition) is 1. The van der Waals surface area contributed by atoms with Crippen LogP contribution in [-0.4, -0.2) is 5.54 Å². The lowest BCUT2D eigenvalue weighted by atomic mass is 9.61. The van der Waals surface area contributed by atoms with Gasteiger partial charge in [-0.2, -0.15) is 0 Å². The van der Waals surface area contributed by atoms with E-state index in [1.165, 1.54) is 25.7 Å². The highest BCUT2D eigenvalue weighted by atomic mass is 14.7. The highest BCUT2D eigenvalue weighted by molar-refractivity contribution is 5.07. The van der Waals surface area contributed by atoms with E-state index in [0.29, 0.717) is 21.7 Å². The molecule has 20 heavy (non-hydrogen) atoms. The van der Waals surface area contributed by atoms with Gasteiger partial charge in [0.15, 0.2) is 0 Å². The topological polar surface area (TPSA) is 26.0 Å². The molecule has 1 rings (SSSR count). The minimum Gasteiger partial charge on any atom is -0.326 e. The lowest BCUT2D eigenvalue weighted by Crippen LogP contribution is -2.40. The van der Waals surface area contributed by atoms with Crippen LogP contribution in [0.3, 0.4) is 0 Å². The van der Waals surface area contributed by atoms with Crippen molar-refractivity contribution in [1.82, 2.24) is 0 Å². The van der Waals surface area contributed by atoms with Crippen molar-refractivity contribution >= 4 is 0 Å². The van der Waals surface area contributed by atoms with Crippen molar-refractivity contribution in [3.63, 3.8) is 0 Å². The summed E-state index contributed by atoms with van der Waals surface area (Å²) in [7, 11) is 0. The Balaban J connectivity index is 2.80. The first kappa shape index (κ1) is 18.0. The van der Waals surface area contributed by atoms with Crippen molar-refractivity contribution in [2.75, 3.05) is 0 Å². The number of hydrogen-bond donors (Lipinski definition) is 1. The maximum Gasteiger partial charge on any atom is 0.0102 e. The Kier molecular flexibility index (Phi) is 4.51. The number of rotatable bonds is 6. The molecule has 0 radical (unpaired) electrons. The van der Waals surface area contributed by atoms with Crippen molar-refractivity contribution in [2.45, 2.75) is 100.0 Å². The molecular formula is C19H39N. The van der Waals surface area contributed by atoms with E-state index in [9.17, 15) is 0 Å². The Morgan fingerprint density at radius 1 is 0.800 bits per heavy atom. The van der Waals surface area contributed by atoms with Crippen LogP contribution in [0, 0.1) is 21.7 Å². The van der Waals surface area contributed by atoms with Gasteiger partial charge in [0.05, 0.1) is 0 Å². The molecule has 0 aromatic carbocycles. The van der Waals surface area contributed by atoms with Crippen LogP contribution in [0.25, 0.3) is 0 Å². The Bertz CT molecular complexity index is 332. The zero-order valence-corrected chi connectivity index (χ0v) is 15.6. The maximum absolute atomic E-state index is 6.27. The Labute approximate surface area is 128 Å². The van der Waals surface area contributed by atoms with Gasteiger partial charge >= 0.3 is 0 Å². The van der Waals surface area contributed by atoms with Crippen molar-refractivity contribution in [2.24, 2.45) is 27.4 Å². The summed E-state index contributed by atoms with van der Waals surface area (Å²) in [5.41, 5.74) is 7.94. The monoisotopic (exact) mass is 281 g/mol. The Morgan fingerprint density at radius 3 is 1.55 bits per heavy atom. The SMILES string of the molecule is CC(C)(C)CC(C)(C)C1(CC(C)(C)CC(C)(C)N)CC1. The summed E-state index contributed by atoms with van der Waals surface area (Å²) in [4.78, 5) is 0. The minimum absolute atomic E-state index is 0.0618. The second-order valence-electron chi connectivity index (χ2n) is 10.9. The first-order chi connectivity index (χ1) is 8.58. The zero-order chi connectivity index (χ0) is 16.0. The average Bonchev–Trinajstić information content (AvgIpc) is 2.73. The number of nitrogens with two attached hydrogens (primary N) is 1. The van der Waals surface area contributed by atoms with E-state index in [1.54, 1.807) is 0 Å². The molecular weight excluding hydrogens is 242 g/mol. The lowest BCUT2D eigenvalue weighted by molar-refractivity contribution is 0.0608. The molecule has 2 N–H and O–H groups in total. The second-order valence-corrected chi connectivity index (χ2v) is 10.9. The van der Waals surface area contributed by atoms with E-state index in [2.05, 4.69) is 62.3 Å². The fourth-order valence-corrected chi connectivity index (χ4v) is 4.97. The zero-order valence-electron chi connectivity index (χ0n) is 15.6. The highest BCUT2D eigenvalue weighted by Gasteiger charge is 2.56. The summed E-state index contributed by atoms with van der Waals surface area (Å²) in [6.45, 7) is 21.3. The third-order valence-electron chi connectivity index (χ3n) is 5.01. The van der Waals surface area contributed by atoms with Crippen LogP contribution in [0.5, 0.6) is 0 Å². The summed E-state index contributed by atoms with van der Waals surface area (Å²) >= 11 is 0. The molecule has 0 saturated heterocycles. The van der Waals surface area contributed by atoms with E-state index in [4.69, 9.17) is 5.73 Å². The van der Waals surface area contributed by atoms with Gasteiger partial charge in [-0.05, 0) is 67.6 Å². The highest BCUT2D eigenvalue weighted by Crippen LogP contribution is 2.66. The van der Waals surface area contributed by atoms with Crippen molar-refractivity contribution < 1.29 is 0 Å². The van der Waals surface area contributed by atoms with Crippen molar-refractivity contribution in [1.29, 1.82) is 0 Å². The largest absolute Gasteiger partial charge is 0.326 e. The van der Waals surface area contributed by atoms with E-state index in [0.717, 1.165) is 6.42 Å². The molecule has 1 fully saturated rings. The molecule has 0 spiro atoms. The summed E-state index contributed by atoms with van der Waals surface area (Å²) in [5.74, 6) is 0. The molecule has 120 valence electrons. The smallest absolute Gasteiger partial charge is 0.0102 e. The predicted octanol–water partition coefficient (Wildman–Crippen LogP) is 5.77. The van der Waals surface area contributed by atoms with Crippen LogP contribution in [0.1, 0.15) is 94.4 Å². The molecule has 0 aliphatic heterocycles. The Morgan fingerprint density at radius 2 is 1.25 bits per heavy atom. The molecule has 0 heterocycles. The summed E-state index contributed by atoms with van der Waals surface area (Å²) in [5, 5.41) is 0. The van der Waals surface area contributed by atoms with E-state index in [-0.39, 0.29) is 5.54 Å². The standard InChI is InChI=1S/C19H39N/c1-15(2,3)12-17(6,7)19(10-11-19)14-16(4,5)13-18(8,9)20/h10-14,20H2,1-9H3. The van der Waals surface area contributed by atoms with Crippen LogP contribution in [0.15, 0.2) is 0 Å². The van der Waals surface area contributed by atoms with Crippen LogP contribution >= 0.6 is 0 Å². The van der Waals surface area contributed by atoms with Gasteiger partial charge in [0, 0.05) is 5.54 Å². The van der Waals surface area contributed by atoms with Gasteiger partial charge in [0.2, 0.25) is 0 Å². The van der Waals surface area contributed by atoms with Crippen LogP contribution in [0.2, 0.25) is 0 Å². The Hall–Kier alpha value is -0.0400. The molecule has 1 nitrogen and oxygen atoms in total. The lowest BCUT2D eigenvalue weighted by Gasteiger charge is -2.44. The molecule has 0 aromatic heterocycles. The normalized spacial score (nSPS) is 20.1. The van der Waals surface area contributed by atoms with E-state index in [1.807, 2.05) is 0 Å². The molecule has 1 aliphatic carbocycles. The molecule has 0 amide bonds. The molecule has 0 atom stereocenters. The van der Waals surface area contributed by atoms with E-state index >= 15 is 0 Å². The fraction of sp³-hybridized carbons (Fsp3) is 1.00. The van der Waals surface area contributed by atoms with Gasteiger partial charge in [-0.1, -0.05) is 48.5 Å². The third-order valence-corrected chi connectivity index (χ3v) is 5.01. The van der Waals surface area contributed by atoms with Crippen LogP contribution in [0.4, 0.5) is 0 Å². The van der Waals surface area contributed by atoms with Crippen LogP contribution < -0.4 is 5.73 Å². The van der Waals surface area contributed by atoms with Crippen molar-refractivity contribution in [3.8, 4) is 0 Å². The van der Waals surface area contributed by atoms with Gasteiger partial charge in [-0.15, -0.1) is 0 Å². The molecule has 1 aliphatic rings. The summed E-state index contributed by atoms with van der Waals surface area (Å²) in [6, 6.07) is 0. The quantitative estimate of drug-likeness (QED) is 0.657. The van der Waals surface area contributed by atoms with Gasteiger partial charge < -0.3 is 5.73 Å². The first-order valence-electron chi connectivity index (χ1n) is 8.37. The molecule has 1 heteroatoms. The van der Waals surface area contributed by atoms with Crippen molar-refractivity contribution in [3.05, 3.63) is 0 Å². The molecule has 0 unspecified atom stereocenters. The second kappa shape index (κ2) is 5.00. The summed E-state index contributed by atoms with van der Waals surface area (Å²) in [6.07, 6.45) is 6.55. The fourth-order valence-electron chi connectivity index (χ4n) is 4.97. The van der Waals surface area contributed by atoms with Crippen LogP contribution in [-0.2, 0) is 0 Å². The van der Waals surface area contributed by atoms with E-state index < -0.39 is 0 Å².